The number of amides is 6. The highest BCUT2D eigenvalue weighted by atomic mass is 35.5. The van der Waals surface area contributed by atoms with Gasteiger partial charge in [-0.25, -0.2) is 9.18 Å². The zero-order valence-corrected chi connectivity index (χ0v) is 56.7. The number of piperazine rings is 1. The topological polar surface area (TPSA) is 241 Å². The van der Waals surface area contributed by atoms with Crippen molar-refractivity contribution in [2.24, 2.45) is 41.4 Å². The number of hydrogen-bond acceptors (Lipinski definition) is 17. The molecule has 10 rings (SSSR count). The summed E-state index contributed by atoms with van der Waals surface area (Å²) in [6, 6.07) is 2.11. The van der Waals surface area contributed by atoms with Gasteiger partial charge in [-0.3, -0.25) is 49.8 Å². The summed E-state index contributed by atoms with van der Waals surface area (Å²) in [5.41, 5.74) is 0. The van der Waals surface area contributed by atoms with Crippen molar-refractivity contribution in [3.8, 4) is 6.07 Å². The summed E-state index contributed by atoms with van der Waals surface area (Å²) in [4.78, 5) is 74.3. The lowest BCUT2D eigenvalue weighted by molar-refractivity contribution is -0.144. The normalized spacial score (nSPS) is 34.6. The number of nitrogens with one attached hydrogen (secondary N) is 5. The molecule has 0 aromatic rings. The van der Waals surface area contributed by atoms with Gasteiger partial charge < -0.3 is 48.9 Å². The zero-order chi connectivity index (χ0) is 65.1. The van der Waals surface area contributed by atoms with Crippen molar-refractivity contribution in [2.75, 3.05) is 132 Å². The number of likely N-dealkylation sites (tertiary alicyclic amines) is 3. The quantitative estimate of drug-likeness (QED) is 0.0212. The molecular weight excluding hydrogens is 1240 g/mol. The first-order valence-electron chi connectivity index (χ1n) is 36.0. The second-order valence-electron chi connectivity index (χ2n) is 28.5. The van der Waals surface area contributed by atoms with E-state index in [1.807, 2.05) is 0 Å². The first kappa shape index (κ1) is 72.4. The van der Waals surface area contributed by atoms with Crippen LogP contribution in [0.1, 0.15) is 148 Å². The molecule has 10 fully saturated rings. The number of hydrogen-bond donors (Lipinski definition) is 5. The van der Waals surface area contributed by atoms with E-state index in [1.54, 1.807) is 4.90 Å². The first-order chi connectivity index (χ1) is 45.3. The number of rotatable bonds is 33. The van der Waals surface area contributed by atoms with Gasteiger partial charge in [-0.05, 0) is 139 Å². The number of halogens is 3. The molecule has 0 spiro atoms. The fourth-order valence-electron chi connectivity index (χ4n) is 17.8. The van der Waals surface area contributed by atoms with E-state index in [4.69, 9.17) is 51.6 Å². The number of nitrogens with zero attached hydrogens (tertiary/aromatic N) is 6. The number of urea groups is 1. The number of piperidine rings is 2. The minimum atomic E-state index is -0.985. The fourth-order valence-corrected chi connectivity index (χ4v) is 18.7. The number of unbranched alkanes of at least 4 members (excludes halogenated alkanes) is 2. The lowest BCUT2D eigenvalue weighted by atomic mass is 9.67. The van der Waals surface area contributed by atoms with E-state index in [9.17, 15) is 33.6 Å². The average molecular weight is 1350 g/mol. The van der Waals surface area contributed by atoms with E-state index in [1.165, 1.54) is 37.0 Å². The fraction of sp³-hybridized carbons (Fsp3) is 0.882. The summed E-state index contributed by atoms with van der Waals surface area (Å²) in [6.07, 6.45) is 21.1. The summed E-state index contributed by atoms with van der Waals surface area (Å²) >= 11 is 13.8. The number of nitriles is 1. The molecule has 25 heteroatoms. The summed E-state index contributed by atoms with van der Waals surface area (Å²) in [6.45, 7) is 15.6. The number of alkyl halides is 2. The van der Waals surface area contributed by atoms with E-state index in [2.05, 4.69) is 53.9 Å². The van der Waals surface area contributed by atoms with Gasteiger partial charge in [-0.1, -0.05) is 45.1 Å². The van der Waals surface area contributed by atoms with Crippen LogP contribution in [0.2, 0.25) is 0 Å². The van der Waals surface area contributed by atoms with Crippen LogP contribution in [0.3, 0.4) is 0 Å². The van der Waals surface area contributed by atoms with Gasteiger partial charge in [0.05, 0.1) is 84.2 Å². The molecule has 0 aromatic carbocycles. The largest absolute Gasteiger partial charge is 0.379 e. The van der Waals surface area contributed by atoms with Gasteiger partial charge in [0, 0.05) is 112 Å². The van der Waals surface area contributed by atoms with E-state index in [0.29, 0.717) is 142 Å². The van der Waals surface area contributed by atoms with Gasteiger partial charge >= 0.3 is 6.03 Å². The van der Waals surface area contributed by atoms with Crippen LogP contribution in [0.4, 0.5) is 9.18 Å². The van der Waals surface area contributed by atoms with E-state index in [-0.39, 0.29) is 95.6 Å². The number of imide groups is 1. The second-order valence-corrected chi connectivity index (χ2v) is 29.7. The molecule has 4 saturated carbocycles. The highest BCUT2D eigenvalue weighted by Gasteiger charge is 2.51. The van der Waals surface area contributed by atoms with Crippen molar-refractivity contribution in [1.82, 2.24) is 51.1 Å². The third-order valence-corrected chi connectivity index (χ3v) is 23.5. The maximum Gasteiger partial charge on any atom is 0.315 e. The van der Waals surface area contributed by atoms with Crippen LogP contribution in [-0.4, -0.2) is 245 Å². The molecule has 22 nitrogen and oxygen atoms in total. The average Bonchev–Trinajstić information content (AvgIpc) is 1.37. The standard InChI is InChI=1S/C68H110Cl2FN11O11/c1-46(71)65(85)81-28-27-80(43-52(81)21-23-72)63-55-22-26-79(59-14-6-11-49-10-5-13-56(70)62(49)59)44-58(55)75-68(77-63)93-45-53-12-7-24-78(53)25-8-30-89-32-34-91-36-38-92-37-35-90-33-31-88-29-4-2-3-9-48-16-17-51(69)40-57(48)74-67(87)73-41-47-15-18-54-50(39-47)42-82(66(54)86)60-19-20-61(83)76-64(60)84/h47-60,62-63,68,75,77H,1-22,24-45H2,(H2,73,74,87)(H,76,83,84)/t47?,48?,49?,50?,51?,52-,53-,54?,55?,56?,57?,58?,59?,60?,62?,63?,68?/m0/s1. The summed E-state index contributed by atoms with van der Waals surface area (Å²) in [7, 11) is 0. The lowest BCUT2D eigenvalue weighted by Crippen LogP contribution is -2.74. The van der Waals surface area contributed by atoms with Crippen molar-refractivity contribution in [3.05, 3.63) is 12.4 Å². The SMILES string of the molecule is C=C(F)C(=O)N1CCN(C2NC(OC[C@@H]3CCCN3CCCOCCOCCOCCOCCOCCCCCC3CCC(Cl)CC3NC(=O)NCC3CCC4C(=O)N(C5CCC(=O)NC5=O)CC4C3)NC3CN(C4CCCC5CCCC(Cl)C54)CCC32)C[C@@H]1CC#N. The molecule has 5 N–H and O–H groups in total. The Morgan fingerprint density at radius 3 is 2.19 bits per heavy atom. The molecule has 0 radical (unpaired) electrons. The Balaban J connectivity index is 0.528. The van der Waals surface area contributed by atoms with Gasteiger partial charge in [0.15, 0.2) is 12.2 Å². The minimum Gasteiger partial charge on any atom is -0.379 e. The Morgan fingerprint density at radius 1 is 0.710 bits per heavy atom. The molecule has 4 aliphatic carbocycles. The van der Waals surface area contributed by atoms with E-state index >= 15 is 0 Å². The van der Waals surface area contributed by atoms with Crippen LogP contribution in [0.25, 0.3) is 0 Å². The summed E-state index contributed by atoms with van der Waals surface area (Å²) < 4.78 is 50.0. The number of carbonyl (C=O) groups excluding carboxylic acids is 5. The van der Waals surface area contributed by atoms with Crippen molar-refractivity contribution in [1.29, 1.82) is 5.26 Å². The monoisotopic (exact) mass is 1350 g/mol. The molecule has 6 saturated heterocycles. The van der Waals surface area contributed by atoms with Crippen LogP contribution in [0.5, 0.6) is 0 Å². The maximum absolute atomic E-state index is 14.2. The minimum absolute atomic E-state index is 0.0278. The van der Waals surface area contributed by atoms with Crippen molar-refractivity contribution in [3.63, 3.8) is 0 Å². The molecule has 17 atom stereocenters. The maximum atomic E-state index is 14.2. The van der Waals surface area contributed by atoms with Crippen molar-refractivity contribution in [2.45, 2.75) is 207 Å². The van der Waals surface area contributed by atoms with Gasteiger partial charge in [-0.2, -0.15) is 5.26 Å². The number of ether oxygens (including phenoxy) is 6. The smallest absolute Gasteiger partial charge is 0.315 e. The van der Waals surface area contributed by atoms with Crippen LogP contribution in [0, 0.1) is 52.8 Å². The Morgan fingerprint density at radius 2 is 1.45 bits per heavy atom. The molecule has 524 valence electrons. The molecule has 6 aliphatic heterocycles. The predicted octanol–water partition coefficient (Wildman–Crippen LogP) is 6.23. The number of fused-ring (bicyclic) bond motifs is 3. The predicted molar refractivity (Wildman–Crippen MR) is 350 cm³/mol. The Kier molecular flexibility index (Phi) is 28.8. The lowest BCUT2D eigenvalue weighted by Gasteiger charge is -2.56. The molecule has 15 unspecified atom stereocenters. The van der Waals surface area contributed by atoms with Gasteiger partial charge in [0.25, 0.3) is 5.91 Å². The Labute approximate surface area is 562 Å². The van der Waals surface area contributed by atoms with Gasteiger partial charge in [-0.15, -0.1) is 23.2 Å². The Hall–Kier alpha value is -3.35. The molecule has 10 aliphatic rings. The van der Waals surface area contributed by atoms with Crippen LogP contribution in [-0.2, 0) is 47.6 Å². The number of carbonyl (C=O) groups is 5. The van der Waals surface area contributed by atoms with Crippen LogP contribution < -0.4 is 26.6 Å². The third kappa shape index (κ3) is 20.4. The second kappa shape index (κ2) is 37.0. The molecule has 6 amide bonds. The zero-order valence-electron chi connectivity index (χ0n) is 55.2. The van der Waals surface area contributed by atoms with Gasteiger partial charge in [0.1, 0.15) is 6.04 Å². The third-order valence-electron chi connectivity index (χ3n) is 22.6. The molecule has 0 bridgehead atoms. The molecular formula is C68H110Cl2FN11O11. The summed E-state index contributed by atoms with van der Waals surface area (Å²) in [5.74, 6) is -0.0794. The highest BCUT2D eigenvalue weighted by Crippen LogP contribution is 2.46. The highest BCUT2D eigenvalue weighted by molar-refractivity contribution is 6.21. The van der Waals surface area contributed by atoms with Crippen LogP contribution >= 0.6 is 23.2 Å². The van der Waals surface area contributed by atoms with E-state index in [0.717, 1.165) is 122 Å². The van der Waals surface area contributed by atoms with E-state index < -0.39 is 23.8 Å². The van der Waals surface area contributed by atoms with Crippen molar-refractivity contribution < 1.29 is 56.8 Å². The first-order valence-corrected chi connectivity index (χ1v) is 36.9. The van der Waals surface area contributed by atoms with Gasteiger partial charge in [0.2, 0.25) is 17.7 Å². The Bertz CT molecular complexity index is 2460. The van der Waals surface area contributed by atoms with Crippen molar-refractivity contribution >= 4 is 52.9 Å². The molecule has 0 aromatic heterocycles. The summed E-state index contributed by atoms with van der Waals surface area (Å²) in [5, 5.41) is 26.6. The molecule has 6 heterocycles. The van der Waals surface area contributed by atoms with Crippen LogP contribution in [0.15, 0.2) is 12.4 Å². The molecule has 93 heavy (non-hydrogen) atoms.